The first kappa shape index (κ1) is 15.6. The molecule has 1 unspecified atom stereocenters. The Kier molecular flexibility index (Phi) is 4.67. The molecule has 1 aromatic heterocycles. The molecule has 1 aromatic rings. The van der Waals surface area contributed by atoms with Crippen LogP contribution in [0, 0.1) is 0 Å². The highest BCUT2D eigenvalue weighted by Crippen LogP contribution is 2.21. The van der Waals surface area contributed by atoms with Crippen molar-refractivity contribution in [1.29, 1.82) is 0 Å². The van der Waals surface area contributed by atoms with Crippen molar-refractivity contribution in [3.8, 4) is 5.88 Å². The fourth-order valence-electron chi connectivity index (χ4n) is 2.63. The van der Waals surface area contributed by atoms with Gasteiger partial charge in [-0.15, -0.1) is 0 Å². The second-order valence-corrected chi connectivity index (χ2v) is 5.90. The molecule has 1 aliphatic heterocycles. The lowest BCUT2D eigenvalue weighted by atomic mass is 10.1. The van der Waals surface area contributed by atoms with Crippen LogP contribution in [0.25, 0.3) is 0 Å². The Morgan fingerprint density at radius 2 is 2.38 bits per heavy atom. The van der Waals surface area contributed by atoms with E-state index in [2.05, 4.69) is 10.3 Å². The minimum Gasteiger partial charge on any atom is -0.481 e. The summed E-state index contributed by atoms with van der Waals surface area (Å²) in [7, 11) is 1.57. The van der Waals surface area contributed by atoms with E-state index in [1.165, 1.54) is 0 Å². The van der Waals surface area contributed by atoms with Crippen molar-refractivity contribution >= 4 is 6.03 Å². The van der Waals surface area contributed by atoms with Gasteiger partial charge in [0, 0.05) is 24.8 Å². The number of amides is 2. The highest BCUT2D eigenvalue weighted by Gasteiger charge is 2.33. The van der Waals surface area contributed by atoms with E-state index >= 15 is 0 Å². The number of nitrogens with one attached hydrogen (secondary N) is 1. The second-order valence-electron chi connectivity index (χ2n) is 5.90. The maximum Gasteiger partial charge on any atom is 0.317 e. The fourth-order valence-corrected chi connectivity index (χ4v) is 2.63. The van der Waals surface area contributed by atoms with Gasteiger partial charge in [0.05, 0.1) is 25.4 Å². The zero-order valence-corrected chi connectivity index (χ0v) is 13.0. The molecule has 0 spiro atoms. The lowest BCUT2D eigenvalue weighted by Crippen LogP contribution is -2.56. The van der Waals surface area contributed by atoms with Crippen molar-refractivity contribution in [2.24, 2.45) is 0 Å². The molecular weight excluding hydrogens is 270 g/mol. The molecular formula is C15H23N3O3. The fraction of sp³-hybridized carbons (Fsp3) is 0.600. The van der Waals surface area contributed by atoms with Gasteiger partial charge in [-0.05, 0) is 26.8 Å². The summed E-state index contributed by atoms with van der Waals surface area (Å²) in [6, 6.07) is 3.62. The first-order valence-electron chi connectivity index (χ1n) is 7.10. The summed E-state index contributed by atoms with van der Waals surface area (Å²) >= 11 is 0. The molecule has 6 nitrogen and oxygen atoms in total. The Balaban J connectivity index is 1.95. The predicted octanol–water partition coefficient (Wildman–Crippen LogP) is 1.80. The number of morpholine rings is 1. The van der Waals surface area contributed by atoms with Gasteiger partial charge < -0.3 is 19.7 Å². The summed E-state index contributed by atoms with van der Waals surface area (Å²) in [5.41, 5.74) is 0.537. The Bertz CT molecular complexity index is 505. The topological polar surface area (TPSA) is 63.7 Å². The molecule has 1 fully saturated rings. The molecule has 1 atom stereocenters. The zero-order chi connectivity index (χ0) is 15.5. The number of hydrogen-bond acceptors (Lipinski definition) is 4. The van der Waals surface area contributed by atoms with Crippen LogP contribution in [0.5, 0.6) is 5.88 Å². The summed E-state index contributed by atoms with van der Waals surface area (Å²) in [6.07, 6.45) is 1.70. The van der Waals surface area contributed by atoms with Crippen molar-refractivity contribution in [2.75, 3.05) is 20.2 Å². The van der Waals surface area contributed by atoms with Crippen molar-refractivity contribution in [1.82, 2.24) is 15.2 Å². The molecule has 0 bridgehead atoms. The molecule has 1 aliphatic rings. The number of carbonyl (C=O) groups is 1. The maximum atomic E-state index is 12.3. The van der Waals surface area contributed by atoms with E-state index in [0.29, 0.717) is 25.5 Å². The molecule has 0 aromatic carbocycles. The first-order valence-corrected chi connectivity index (χ1v) is 7.10. The van der Waals surface area contributed by atoms with Crippen LogP contribution in [0.1, 0.15) is 26.3 Å². The van der Waals surface area contributed by atoms with E-state index in [-0.39, 0.29) is 17.7 Å². The molecule has 116 valence electrons. The number of aromatic nitrogens is 1. The summed E-state index contributed by atoms with van der Waals surface area (Å²) in [6.45, 7) is 7.53. The number of nitrogens with zero attached hydrogens (tertiary/aromatic N) is 2. The number of carbonyl (C=O) groups excluding carboxylic acids is 1. The number of pyridine rings is 1. The van der Waals surface area contributed by atoms with Gasteiger partial charge in [0.25, 0.3) is 0 Å². The number of rotatable bonds is 3. The maximum absolute atomic E-state index is 12.3. The van der Waals surface area contributed by atoms with Gasteiger partial charge in [0.15, 0.2) is 0 Å². The third-order valence-electron chi connectivity index (χ3n) is 3.33. The molecule has 0 aliphatic carbocycles. The summed E-state index contributed by atoms with van der Waals surface area (Å²) < 4.78 is 11.0. The summed E-state index contributed by atoms with van der Waals surface area (Å²) in [5, 5.41) is 2.91. The van der Waals surface area contributed by atoms with Gasteiger partial charge in [-0.1, -0.05) is 6.07 Å². The molecule has 2 amide bonds. The third kappa shape index (κ3) is 4.07. The Labute approximate surface area is 125 Å². The molecule has 21 heavy (non-hydrogen) atoms. The van der Waals surface area contributed by atoms with Crippen LogP contribution >= 0.6 is 0 Å². The molecule has 0 radical (unpaired) electrons. The minimum atomic E-state index is -0.318. The van der Waals surface area contributed by atoms with Gasteiger partial charge >= 0.3 is 6.03 Å². The molecule has 0 saturated carbocycles. The average Bonchev–Trinajstić information content (AvgIpc) is 2.42. The van der Waals surface area contributed by atoms with E-state index in [1.807, 2.05) is 32.9 Å². The Hall–Kier alpha value is -1.82. The molecule has 6 heteroatoms. The minimum absolute atomic E-state index is 0.0347. The summed E-state index contributed by atoms with van der Waals surface area (Å²) in [4.78, 5) is 18.2. The van der Waals surface area contributed by atoms with E-state index in [9.17, 15) is 4.79 Å². The quantitative estimate of drug-likeness (QED) is 0.923. The van der Waals surface area contributed by atoms with Crippen LogP contribution < -0.4 is 10.1 Å². The lowest BCUT2D eigenvalue weighted by Gasteiger charge is -2.41. The Morgan fingerprint density at radius 1 is 1.62 bits per heavy atom. The van der Waals surface area contributed by atoms with Crippen LogP contribution in [-0.2, 0) is 11.3 Å². The predicted molar refractivity (Wildman–Crippen MR) is 79.2 cm³/mol. The van der Waals surface area contributed by atoms with Crippen molar-refractivity contribution in [3.63, 3.8) is 0 Å². The highest BCUT2D eigenvalue weighted by molar-refractivity contribution is 5.74. The van der Waals surface area contributed by atoms with Crippen LogP contribution in [0.2, 0.25) is 0 Å². The van der Waals surface area contributed by atoms with Crippen LogP contribution in [0.4, 0.5) is 4.79 Å². The van der Waals surface area contributed by atoms with Crippen LogP contribution in [-0.4, -0.2) is 47.8 Å². The van der Waals surface area contributed by atoms with Gasteiger partial charge in [-0.3, -0.25) is 0 Å². The number of ether oxygens (including phenoxy) is 2. The average molecular weight is 293 g/mol. The van der Waals surface area contributed by atoms with Crippen LogP contribution in [0.3, 0.4) is 0 Å². The van der Waals surface area contributed by atoms with E-state index in [1.54, 1.807) is 18.2 Å². The first-order chi connectivity index (χ1) is 9.91. The normalized spacial score (nSPS) is 21.0. The van der Waals surface area contributed by atoms with Crippen molar-refractivity contribution in [2.45, 2.75) is 39.0 Å². The lowest BCUT2D eigenvalue weighted by molar-refractivity contribution is -0.117. The van der Waals surface area contributed by atoms with E-state index in [0.717, 1.165) is 5.56 Å². The highest BCUT2D eigenvalue weighted by atomic mass is 16.5. The van der Waals surface area contributed by atoms with Crippen molar-refractivity contribution < 1.29 is 14.3 Å². The molecule has 1 N–H and O–H groups in total. The second kappa shape index (κ2) is 6.30. The van der Waals surface area contributed by atoms with Gasteiger partial charge in [-0.25, -0.2) is 9.78 Å². The van der Waals surface area contributed by atoms with Gasteiger partial charge in [0.1, 0.15) is 0 Å². The molecule has 2 heterocycles. The third-order valence-corrected chi connectivity index (χ3v) is 3.33. The zero-order valence-electron chi connectivity index (χ0n) is 13.0. The smallest absolute Gasteiger partial charge is 0.317 e. The standard InChI is InChI=1S/C15H23N3O3/c1-11-9-18(10-15(2,3)21-11)14(19)17-8-12-6-5-7-16-13(12)20-4/h5-7,11H,8-10H2,1-4H3,(H,17,19). The van der Waals surface area contributed by atoms with Crippen molar-refractivity contribution in [3.05, 3.63) is 23.9 Å². The Morgan fingerprint density at radius 3 is 3.05 bits per heavy atom. The number of hydrogen-bond donors (Lipinski definition) is 1. The summed E-state index contributed by atoms with van der Waals surface area (Å²) in [5.74, 6) is 0.536. The monoisotopic (exact) mass is 293 g/mol. The largest absolute Gasteiger partial charge is 0.481 e. The molecule has 1 saturated heterocycles. The molecule has 2 rings (SSSR count). The van der Waals surface area contributed by atoms with Crippen LogP contribution in [0.15, 0.2) is 18.3 Å². The van der Waals surface area contributed by atoms with Gasteiger partial charge in [0.2, 0.25) is 5.88 Å². The SMILES string of the molecule is COc1ncccc1CNC(=O)N1CC(C)OC(C)(C)C1. The van der Waals surface area contributed by atoms with E-state index in [4.69, 9.17) is 9.47 Å². The number of urea groups is 1. The van der Waals surface area contributed by atoms with Gasteiger partial charge in [-0.2, -0.15) is 0 Å². The number of methoxy groups -OCH3 is 1. The van der Waals surface area contributed by atoms with E-state index < -0.39 is 0 Å².